The summed E-state index contributed by atoms with van der Waals surface area (Å²) in [6.07, 6.45) is 0.943. The fourth-order valence-electron chi connectivity index (χ4n) is 3.57. The van der Waals surface area contributed by atoms with E-state index in [-0.39, 0.29) is 36.7 Å². The van der Waals surface area contributed by atoms with Gasteiger partial charge in [-0.1, -0.05) is 23.8 Å². The van der Waals surface area contributed by atoms with Crippen LogP contribution in [0.1, 0.15) is 42.7 Å². The summed E-state index contributed by atoms with van der Waals surface area (Å²) in [7, 11) is 0. The maximum absolute atomic E-state index is 12.9. The van der Waals surface area contributed by atoms with E-state index in [1.54, 1.807) is 23.2 Å². The SMILES string of the molecule is CCOC(=O)CCCNC(=O)C1CC(=O)N(c2ccc(C)cc2)C1c1cccs1. The third-order valence-electron chi connectivity index (χ3n) is 4.97. The Labute approximate surface area is 174 Å². The minimum Gasteiger partial charge on any atom is -0.466 e. The second-order valence-electron chi connectivity index (χ2n) is 7.07. The highest BCUT2D eigenvalue weighted by molar-refractivity contribution is 7.10. The van der Waals surface area contributed by atoms with Crippen molar-refractivity contribution in [1.82, 2.24) is 5.32 Å². The lowest BCUT2D eigenvalue weighted by atomic mass is 9.97. The molecule has 154 valence electrons. The van der Waals surface area contributed by atoms with Gasteiger partial charge in [-0.2, -0.15) is 0 Å². The molecule has 1 aliphatic rings. The van der Waals surface area contributed by atoms with Crippen LogP contribution in [0.3, 0.4) is 0 Å². The molecule has 29 heavy (non-hydrogen) atoms. The summed E-state index contributed by atoms with van der Waals surface area (Å²) in [4.78, 5) is 39.9. The molecule has 2 unspecified atom stereocenters. The number of anilines is 1. The summed E-state index contributed by atoms with van der Waals surface area (Å²) < 4.78 is 4.90. The van der Waals surface area contributed by atoms with Crippen molar-refractivity contribution < 1.29 is 19.1 Å². The van der Waals surface area contributed by atoms with Crippen molar-refractivity contribution in [2.45, 2.75) is 39.2 Å². The van der Waals surface area contributed by atoms with Crippen LogP contribution in [0, 0.1) is 12.8 Å². The highest BCUT2D eigenvalue weighted by Gasteiger charge is 2.45. The lowest BCUT2D eigenvalue weighted by Crippen LogP contribution is -2.36. The number of thiophene rings is 1. The highest BCUT2D eigenvalue weighted by Crippen LogP contribution is 2.43. The molecule has 2 amide bonds. The Morgan fingerprint density at radius 2 is 2.00 bits per heavy atom. The van der Waals surface area contributed by atoms with Gasteiger partial charge in [-0.3, -0.25) is 14.4 Å². The Kier molecular flexibility index (Phi) is 7.04. The molecular formula is C22H26N2O4S. The predicted octanol–water partition coefficient (Wildman–Crippen LogP) is 3.61. The molecule has 0 bridgehead atoms. The molecule has 7 heteroatoms. The van der Waals surface area contributed by atoms with Gasteiger partial charge in [0, 0.05) is 30.0 Å². The van der Waals surface area contributed by atoms with Gasteiger partial charge in [0.1, 0.15) is 0 Å². The zero-order chi connectivity index (χ0) is 20.8. The molecule has 1 N–H and O–H groups in total. The van der Waals surface area contributed by atoms with Crippen LogP contribution in [-0.2, 0) is 19.1 Å². The largest absolute Gasteiger partial charge is 0.466 e. The van der Waals surface area contributed by atoms with E-state index in [0.717, 1.165) is 16.1 Å². The van der Waals surface area contributed by atoms with Gasteiger partial charge in [-0.15, -0.1) is 11.3 Å². The van der Waals surface area contributed by atoms with Gasteiger partial charge in [0.25, 0.3) is 0 Å². The van der Waals surface area contributed by atoms with E-state index in [4.69, 9.17) is 4.74 Å². The van der Waals surface area contributed by atoms with E-state index in [0.29, 0.717) is 19.6 Å². The maximum atomic E-state index is 12.9. The van der Waals surface area contributed by atoms with Gasteiger partial charge in [0.15, 0.2) is 0 Å². The number of rotatable bonds is 8. The second kappa shape index (κ2) is 9.69. The molecule has 3 rings (SSSR count). The minimum absolute atomic E-state index is 0.0565. The first-order valence-electron chi connectivity index (χ1n) is 9.86. The Morgan fingerprint density at radius 1 is 1.24 bits per heavy atom. The number of nitrogens with one attached hydrogen (secondary N) is 1. The fourth-order valence-corrected chi connectivity index (χ4v) is 4.45. The number of nitrogens with zero attached hydrogens (tertiary/aromatic N) is 1. The van der Waals surface area contributed by atoms with Crippen molar-refractivity contribution in [1.29, 1.82) is 0 Å². The van der Waals surface area contributed by atoms with E-state index in [1.165, 1.54) is 0 Å². The number of amides is 2. The molecule has 2 aromatic rings. The van der Waals surface area contributed by atoms with Crippen molar-refractivity contribution in [2.75, 3.05) is 18.1 Å². The van der Waals surface area contributed by atoms with Gasteiger partial charge in [-0.25, -0.2) is 0 Å². The molecule has 0 saturated carbocycles. The average molecular weight is 415 g/mol. The first kappa shape index (κ1) is 21.0. The summed E-state index contributed by atoms with van der Waals surface area (Å²) >= 11 is 1.55. The molecular weight excluding hydrogens is 388 g/mol. The normalized spacial score (nSPS) is 18.7. The molecule has 0 spiro atoms. The highest BCUT2D eigenvalue weighted by atomic mass is 32.1. The maximum Gasteiger partial charge on any atom is 0.305 e. The summed E-state index contributed by atoms with van der Waals surface area (Å²) in [5.74, 6) is -0.945. The third kappa shape index (κ3) is 5.03. The molecule has 1 aromatic heterocycles. The van der Waals surface area contributed by atoms with Gasteiger partial charge in [-0.05, 0) is 43.8 Å². The lowest BCUT2D eigenvalue weighted by Gasteiger charge is -2.27. The molecule has 1 saturated heterocycles. The van der Waals surface area contributed by atoms with Crippen molar-refractivity contribution in [3.8, 4) is 0 Å². The molecule has 0 radical (unpaired) electrons. The number of carbonyl (C=O) groups excluding carboxylic acids is 3. The Bertz CT molecular complexity index is 848. The monoisotopic (exact) mass is 414 g/mol. The minimum atomic E-state index is -0.468. The van der Waals surface area contributed by atoms with Crippen molar-refractivity contribution >= 4 is 34.8 Å². The zero-order valence-corrected chi connectivity index (χ0v) is 17.5. The number of ether oxygens (including phenoxy) is 1. The van der Waals surface area contributed by atoms with E-state index < -0.39 is 5.92 Å². The first-order valence-corrected chi connectivity index (χ1v) is 10.7. The molecule has 1 fully saturated rings. The van der Waals surface area contributed by atoms with Crippen molar-refractivity contribution in [3.05, 3.63) is 52.2 Å². The fraction of sp³-hybridized carbons (Fsp3) is 0.409. The van der Waals surface area contributed by atoms with Crippen LogP contribution in [0.5, 0.6) is 0 Å². The van der Waals surface area contributed by atoms with Crippen molar-refractivity contribution in [2.24, 2.45) is 5.92 Å². The number of hydrogen-bond acceptors (Lipinski definition) is 5. The predicted molar refractivity (Wildman–Crippen MR) is 113 cm³/mol. The van der Waals surface area contributed by atoms with Crippen LogP contribution in [0.4, 0.5) is 5.69 Å². The van der Waals surface area contributed by atoms with Gasteiger partial charge in [0.2, 0.25) is 11.8 Å². The van der Waals surface area contributed by atoms with Gasteiger partial charge >= 0.3 is 5.97 Å². The summed E-state index contributed by atoms with van der Waals surface area (Å²) in [6.45, 7) is 4.50. The molecule has 2 heterocycles. The second-order valence-corrected chi connectivity index (χ2v) is 8.05. The quantitative estimate of drug-likeness (QED) is 0.529. The Balaban J connectivity index is 1.72. The van der Waals surface area contributed by atoms with Crippen LogP contribution in [0.2, 0.25) is 0 Å². The smallest absolute Gasteiger partial charge is 0.305 e. The van der Waals surface area contributed by atoms with E-state index in [9.17, 15) is 14.4 Å². The van der Waals surface area contributed by atoms with Crippen LogP contribution < -0.4 is 10.2 Å². The number of aryl methyl sites for hydroxylation is 1. The Hall–Kier alpha value is -2.67. The summed E-state index contributed by atoms with van der Waals surface area (Å²) in [6, 6.07) is 11.4. The number of benzene rings is 1. The zero-order valence-electron chi connectivity index (χ0n) is 16.7. The molecule has 1 aliphatic heterocycles. The van der Waals surface area contributed by atoms with Crippen LogP contribution in [0.25, 0.3) is 0 Å². The average Bonchev–Trinajstić information content (AvgIpc) is 3.33. The van der Waals surface area contributed by atoms with Crippen molar-refractivity contribution in [3.63, 3.8) is 0 Å². The Morgan fingerprint density at radius 3 is 2.66 bits per heavy atom. The van der Waals surface area contributed by atoms with Crippen LogP contribution >= 0.6 is 11.3 Å². The number of hydrogen-bond donors (Lipinski definition) is 1. The lowest BCUT2D eigenvalue weighted by molar-refractivity contribution is -0.143. The third-order valence-corrected chi connectivity index (χ3v) is 5.91. The van der Waals surface area contributed by atoms with Crippen LogP contribution in [0.15, 0.2) is 41.8 Å². The van der Waals surface area contributed by atoms with E-state index >= 15 is 0 Å². The molecule has 2 atom stereocenters. The summed E-state index contributed by atoms with van der Waals surface area (Å²) in [5.41, 5.74) is 1.92. The molecule has 6 nitrogen and oxygen atoms in total. The first-order chi connectivity index (χ1) is 14.0. The van der Waals surface area contributed by atoms with E-state index in [2.05, 4.69) is 5.32 Å². The van der Waals surface area contributed by atoms with Gasteiger partial charge in [0.05, 0.1) is 18.6 Å². The topological polar surface area (TPSA) is 75.7 Å². The standard InChI is InChI=1S/C22H26N2O4S/c1-3-28-20(26)7-4-12-23-22(27)17-14-19(25)24(16-10-8-15(2)9-11-16)21(17)18-6-5-13-29-18/h5-6,8-11,13,17,21H,3-4,7,12,14H2,1-2H3,(H,23,27). The van der Waals surface area contributed by atoms with Gasteiger partial charge < -0.3 is 15.0 Å². The molecule has 0 aliphatic carbocycles. The van der Waals surface area contributed by atoms with E-state index in [1.807, 2.05) is 48.7 Å². The summed E-state index contributed by atoms with van der Waals surface area (Å²) in [5, 5.41) is 4.85. The number of esters is 1. The number of carbonyl (C=O) groups is 3. The van der Waals surface area contributed by atoms with Crippen LogP contribution in [-0.4, -0.2) is 30.9 Å². The molecule has 1 aromatic carbocycles.